The first-order chi connectivity index (χ1) is 7.40. The van der Waals surface area contributed by atoms with Crippen LogP contribution in [0.2, 0.25) is 0 Å². The predicted molar refractivity (Wildman–Crippen MR) is 67.3 cm³/mol. The second-order valence-corrected chi connectivity index (χ2v) is 3.65. The van der Waals surface area contributed by atoms with Crippen molar-refractivity contribution in [1.29, 1.82) is 0 Å². The summed E-state index contributed by atoms with van der Waals surface area (Å²) in [5.41, 5.74) is 2.54. The van der Waals surface area contributed by atoms with Gasteiger partial charge in [0.15, 0.2) is 0 Å². The van der Waals surface area contributed by atoms with Crippen LogP contribution in [0, 0.1) is 0 Å². The predicted octanol–water partition coefficient (Wildman–Crippen LogP) is 1.21. The molecule has 2 rings (SSSR count). The Bertz CT molecular complexity index is 333. The fourth-order valence-corrected chi connectivity index (χ4v) is 1.72. The van der Waals surface area contributed by atoms with E-state index >= 15 is 0 Å². The second kappa shape index (κ2) is 6.68. The minimum Gasteiger partial charge on any atom is -0.383 e. The smallest absolute Gasteiger partial charge is 0.126 e. The lowest BCUT2D eigenvalue weighted by molar-refractivity contribution is 0.210. The number of ether oxygens (including phenoxy) is 1. The number of halogens is 1. The molecule has 1 aliphatic heterocycles. The third-order valence-corrected chi connectivity index (χ3v) is 2.53. The number of methoxy groups -OCH3 is 1. The summed E-state index contributed by atoms with van der Waals surface area (Å²) in [6.45, 7) is 3.49. The Hall–Kier alpha value is -0.840. The number of fused-ring (bicyclic) bond motifs is 1. The average Bonchev–Trinajstić information content (AvgIpc) is 2.29. The first-order valence-corrected chi connectivity index (χ1v) is 5.32. The molecule has 0 spiro atoms. The average molecular weight is 244 g/mol. The van der Waals surface area contributed by atoms with Crippen LogP contribution in [0.4, 0.5) is 5.82 Å². The highest BCUT2D eigenvalue weighted by Crippen LogP contribution is 2.14. The van der Waals surface area contributed by atoms with E-state index in [9.17, 15) is 0 Å². The summed E-state index contributed by atoms with van der Waals surface area (Å²) in [7, 11) is 1.70. The molecule has 1 aliphatic rings. The molecule has 16 heavy (non-hydrogen) atoms. The molecule has 0 amide bonds. The maximum absolute atomic E-state index is 4.98. The number of anilines is 1. The summed E-state index contributed by atoms with van der Waals surface area (Å²) in [6.07, 6.45) is 1.02. The Balaban J connectivity index is 0.00000128. The van der Waals surface area contributed by atoms with Crippen LogP contribution < -0.4 is 10.6 Å². The lowest BCUT2D eigenvalue weighted by Gasteiger charge is -2.17. The largest absolute Gasteiger partial charge is 0.383 e. The summed E-state index contributed by atoms with van der Waals surface area (Å²) in [6, 6.07) is 4.17. The van der Waals surface area contributed by atoms with E-state index in [0.29, 0.717) is 6.61 Å². The molecule has 5 heteroatoms. The number of rotatable bonds is 4. The molecule has 0 fully saturated rings. The first kappa shape index (κ1) is 13.2. The van der Waals surface area contributed by atoms with Crippen molar-refractivity contribution in [2.75, 3.05) is 32.1 Å². The van der Waals surface area contributed by atoms with Gasteiger partial charge in [0.1, 0.15) is 5.82 Å². The van der Waals surface area contributed by atoms with Gasteiger partial charge in [0.05, 0.1) is 6.61 Å². The monoisotopic (exact) mass is 243 g/mol. The molecule has 0 saturated heterocycles. The van der Waals surface area contributed by atoms with Crippen molar-refractivity contribution in [1.82, 2.24) is 10.3 Å². The lowest BCUT2D eigenvalue weighted by atomic mass is 10.1. The molecule has 1 aromatic rings. The van der Waals surface area contributed by atoms with Crippen LogP contribution in [0.15, 0.2) is 12.1 Å². The van der Waals surface area contributed by atoms with Gasteiger partial charge in [0, 0.05) is 38.9 Å². The summed E-state index contributed by atoms with van der Waals surface area (Å²) < 4.78 is 4.98. The highest BCUT2D eigenvalue weighted by atomic mass is 35.5. The van der Waals surface area contributed by atoms with Crippen molar-refractivity contribution in [2.45, 2.75) is 13.0 Å². The van der Waals surface area contributed by atoms with Gasteiger partial charge >= 0.3 is 0 Å². The topological polar surface area (TPSA) is 46.2 Å². The van der Waals surface area contributed by atoms with Crippen LogP contribution in [0.3, 0.4) is 0 Å². The number of hydrogen-bond acceptors (Lipinski definition) is 4. The quantitative estimate of drug-likeness (QED) is 0.781. The van der Waals surface area contributed by atoms with Crippen LogP contribution in [0.5, 0.6) is 0 Å². The Labute approximate surface area is 102 Å². The Morgan fingerprint density at radius 3 is 3.19 bits per heavy atom. The van der Waals surface area contributed by atoms with Gasteiger partial charge in [-0.25, -0.2) is 4.98 Å². The van der Waals surface area contributed by atoms with Gasteiger partial charge in [-0.1, -0.05) is 6.07 Å². The minimum atomic E-state index is 0. The zero-order chi connectivity index (χ0) is 10.5. The molecule has 0 aliphatic carbocycles. The highest BCUT2D eigenvalue weighted by molar-refractivity contribution is 5.85. The molecule has 0 aromatic carbocycles. The SMILES string of the molecule is COCCNc1ccc2c(n1)CCNC2.Cl. The molecule has 0 radical (unpaired) electrons. The van der Waals surface area contributed by atoms with Crippen molar-refractivity contribution in [3.8, 4) is 0 Å². The zero-order valence-corrected chi connectivity index (χ0v) is 10.3. The van der Waals surface area contributed by atoms with Gasteiger partial charge in [-0.15, -0.1) is 12.4 Å². The fourth-order valence-electron chi connectivity index (χ4n) is 1.72. The third kappa shape index (κ3) is 3.33. The fraction of sp³-hybridized carbons (Fsp3) is 0.545. The van der Waals surface area contributed by atoms with E-state index in [1.165, 1.54) is 11.3 Å². The highest BCUT2D eigenvalue weighted by Gasteiger charge is 2.09. The van der Waals surface area contributed by atoms with Gasteiger partial charge in [-0.2, -0.15) is 0 Å². The van der Waals surface area contributed by atoms with Crippen molar-refractivity contribution in [3.63, 3.8) is 0 Å². The van der Waals surface area contributed by atoms with Crippen LogP contribution in [0.1, 0.15) is 11.3 Å². The number of pyridine rings is 1. The lowest BCUT2D eigenvalue weighted by Crippen LogP contribution is -2.24. The normalized spacial score (nSPS) is 13.8. The van der Waals surface area contributed by atoms with Crippen molar-refractivity contribution >= 4 is 18.2 Å². The van der Waals surface area contributed by atoms with Gasteiger partial charge in [0.25, 0.3) is 0 Å². The van der Waals surface area contributed by atoms with Gasteiger partial charge in [-0.3, -0.25) is 0 Å². The second-order valence-electron chi connectivity index (χ2n) is 3.65. The minimum absolute atomic E-state index is 0. The molecule has 2 N–H and O–H groups in total. The third-order valence-electron chi connectivity index (χ3n) is 2.53. The summed E-state index contributed by atoms with van der Waals surface area (Å²) in [4.78, 5) is 4.58. The molecular formula is C11H18ClN3O. The molecular weight excluding hydrogens is 226 g/mol. The standard InChI is InChI=1S/C11H17N3O.ClH/c1-15-7-6-13-11-3-2-9-8-12-5-4-10(9)14-11;/h2-3,12H,4-8H2,1H3,(H,13,14);1H. The number of nitrogens with one attached hydrogen (secondary N) is 2. The van der Waals surface area contributed by atoms with E-state index < -0.39 is 0 Å². The molecule has 2 heterocycles. The molecule has 0 saturated carbocycles. The van der Waals surface area contributed by atoms with Crippen molar-refractivity contribution in [3.05, 3.63) is 23.4 Å². The molecule has 0 unspecified atom stereocenters. The number of hydrogen-bond donors (Lipinski definition) is 2. The summed E-state index contributed by atoms with van der Waals surface area (Å²) >= 11 is 0. The van der Waals surface area contributed by atoms with E-state index in [1.807, 2.05) is 6.07 Å². The maximum Gasteiger partial charge on any atom is 0.126 e. The number of nitrogens with zero attached hydrogens (tertiary/aromatic N) is 1. The van der Waals surface area contributed by atoms with Gasteiger partial charge in [-0.05, 0) is 11.6 Å². The Morgan fingerprint density at radius 1 is 1.50 bits per heavy atom. The van der Waals surface area contributed by atoms with Gasteiger partial charge in [0.2, 0.25) is 0 Å². The Morgan fingerprint density at radius 2 is 2.38 bits per heavy atom. The van der Waals surface area contributed by atoms with E-state index in [-0.39, 0.29) is 12.4 Å². The van der Waals surface area contributed by atoms with Crippen LogP contribution in [-0.4, -0.2) is 31.8 Å². The molecule has 1 aromatic heterocycles. The molecule has 4 nitrogen and oxygen atoms in total. The summed E-state index contributed by atoms with van der Waals surface area (Å²) in [5.74, 6) is 0.952. The van der Waals surface area contributed by atoms with Crippen molar-refractivity contribution < 1.29 is 4.74 Å². The van der Waals surface area contributed by atoms with E-state index in [4.69, 9.17) is 4.74 Å². The zero-order valence-electron chi connectivity index (χ0n) is 9.45. The number of aromatic nitrogens is 1. The molecule has 90 valence electrons. The Kier molecular flexibility index (Phi) is 5.52. The van der Waals surface area contributed by atoms with Crippen molar-refractivity contribution in [2.24, 2.45) is 0 Å². The summed E-state index contributed by atoms with van der Waals surface area (Å²) in [5, 5.41) is 6.57. The van der Waals surface area contributed by atoms with Crippen LogP contribution >= 0.6 is 12.4 Å². The molecule has 0 atom stereocenters. The van der Waals surface area contributed by atoms with Crippen LogP contribution in [0.25, 0.3) is 0 Å². The van der Waals surface area contributed by atoms with E-state index in [2.05, 4.69) is 21.7 Å². The van der Waals surface area contributed by atoms with E-state index in [1.54, 1.807) is 7.11 Å². The van der Waals surface area contributed by atoms with E-state index in [0.717, 1.165) is 31.9 Å². The molecule has 0 bridgehead atoms. The first-order valence-electron chi connectivity index (χ1n) is 5.32. The van der Waals surface area contributed by atoms with Gasteiger partial charge < -0.3 is 15.4 Å². The van der Waals surface area contributed by atoms with Crippen LogP contribution in [-0.2, 0) is 17.7 Å². The maximum atomic E-state index is 4.98.